The standard InChI is InChI=1S/C18H30FN/c1-14(2)12-20-13-16(9-10-18(3,4)5)15-7-6-8-17(19)11-15/h6-8,11,14,16,20H,9-10,12-13H2,1-5H3. The minimum Gasteiger partial charge on any atom is -0.316 e. The Hall–Kier alpha value is -0.890. The summed E-state index contributed by atoms with van der Waals surface area (Å²) in [6.07, 6.45) is 2.25. The molecular formula is C18H30FN. The zero-order valence-electron chi connectivity index (χ0n) is 13.7. The Morgan fingerprint density at radius 1 is 1.15 bits per heavy atom. The number of benzene rings is 1. The number of halogens is 1. The fraction of sp³-hybridized carbons (Fsp3) is 0.667. The molecule has 1 unspecified atom stereocenters. The predicted molar refractivity (Wildman–Crippen MR) is 85.5 cm³/mol. The average molecular weight is 279 g/mol. The van der Waals surface area contributed by atoms with E-state index in [2.05, 4.69) is 39.9 Å². The van der Waals surface area contributed by atoms with E-state index in [1.54, 1.807) is 6.07 Å². The molecule has 20 heavy (non-hydrogen) atoms. The van der Waals surface area contributed by atoms with Crippen LogP contribution in [0.1, 0.15) is 58.9 Å². The molecule has 0 amide bonds. The highest BCUT2D eigenvalue weighted by molar-refractivity contribution is 5.21. The second-order valence-electron chi connectivity index (χ2n) is 7.40. The lowest BCUT2D eigenvalue weighted by molar-refractivity contribution is 0.342. The van der Waals surface area contributed by atoms with Gasteiger partial charge in [0, 0.05) is 6.54 Å². The normalized spacial score (nSPS) is 13.8. The Labute approximate surface area is 124 Å². The molecule has 0 spiro atoms. The minimum absolute atomic E-state index is 0.132. The lowest BCUT2D eigenvalue weighted by Crippen LogP contribution is -2.26. The van der Waals surface area contributed by atoms with E-state index in [4.69, 9.17) is 0 Å². The summed E-state index contributed by atoms with van der Waals surface area (Å²) in [6.45, 7) is 13.1. The fourth-order valence-electron chi connectivity index (χ4n) is 2.30. The van der Waals surface area contributed by atoms with Crippen LogP contribution in [0.25, 0.3) is 0 Å². The van der Waals surface area contributed by atoms with Gasteiger partial charge in [-0.05, 0) is 54.3 Å². The zero-order valence-corrected chi connectivity index (χ0v) is 13.7. The van der Waals surface area contributed by atoms with Gasteiger partial charge in [-0.1, -0.05) is 46.8 Å². The lowest BCUT2D eigenvalue weighted by atomic mass is 9.84. The number of hydrogen-bond donors (Lipinski definition) is 1. The topological polar surface area (TPSA) is 12.0 Å². The first-order valence-corrected chi connectivity index (χ1v) is 7.74. The second kappa shape index (κ2) is 7.78. The third-order valence-corrected chi connectivity index (χ3v) is 3.51. The highest BCUT2D eigenvalue weighted by atomic mass is 19.1. The van der Waals surface area contributed by atoms with Crippen molar-refractivity contribution in [3.8, 4) is 0 Å². The largest absolute Gasteiger partial charge is 0.316 e. The van der Waals surface area contributed by atoms with Crippen LogP contribution in [0.4, 0.5) is 4.39 Å². The molecule has 0 saturated heterocycles. The van der Waals surface area contributed by atoms with E-state index >= 15 is 0 Å². The summed E-state index contributed by atoms with van der Waals surface area (Å²) >= 11 is 0. The zero-order chi connectivity index (χ0) is 15.2. The van der Waals surface area contributed by atoms with Gasteiger partial charge in [0.05, 0.1) is 0 Å². The van der Waals surface area contributed by atoms with E-state index in [1.807, 2.05) is 12.1 Å². The molecule has 0 heterocycles. The van der Waals surface area contributed by atoms with Crippen molar-refractivity contribution in [2.45, 2.75) is 53.4 Å². The van der Waals surface area contributed by atoms with Crippen LogP contribution < -0.4 is 5.32 Å². The monoisotopic (exact) mass is 279 g/mol. The molecule has 0 aliphatic carbocycles. The predicted octanol–water partition coefficient (Wildman–Crippen LogP) is 4.98. The van der Waals surface area contributed by atoms with Gasteiger partial charge in [-0.2, -0.15) is 0 Å². The molecule has 0 aliphatic rings. The summed E-state index contributed by atoms with van der Waals surface area (Å²) in [7, 11) is 0. The maximum absolute atomic E-state index is 13.4. The van der Waals surface area contributed by atoms with Crippen LogP contribution >= 0.6 is 0 Å². The van der Waals surface area contributed by atoms with E-state index in [1.165, 1.54) is 6.07 Å². The molecule has 0 bridgehead atoms. The summed E-state index contributed by atoms with van der Waals surface area (Å²) < 4.78 is 13.4. The SMILES string of the molecule is CC(C)CNCC(CCC(C)(C)C)c1cccc(F)c1. The van der Waals surface area contributed by atoms with Crippen LogP contribution in [0, 0.1) is 17.2 Å². The first-order chi connectivity index (χ1) is 9.28. The van der Waals surface area contributed by atoms with Gasteiger partial charge < -0.3 is 5.32 Å². The molecule has 1 aromatic rings. The quantitative estimate of drug-likeness (QED) is 0.742. The molecular weight excluding hydrogens is 249 g/mol. The molecule has 0 fully saturated rings. The summed E-state index contributed by atoms with van der Waals surface area (Å²) in [4.78, 5) is 0. The maximum atomic E-state index is 13.4. The Bertz CT molecular complexity index is 393. The van der Waals surface area contributed by atoms with Crippen molar-refractivity contribution in [1.82, 2.24) is 5.32 Å². The van der Waals surface area contributed by atoms with Crippen LogP contribution in [0.3, 0.4) is 0 Å². The summed E-state index contributed by atoms with van der Waals surface area (Å²) in [5.41, 5.74) is 1.44. The van der Waals surface area contributed by atoms with Crippen LogP contribution in [0.2, 0.25) is 0 Å². The van der Waals surface area contributed by atoms with Gasteiger partial charge in [0.25, 0.3) is 0 Å². The molecule has 0 radical (unpaired) electrons. The lowest BCUT2D eigenvalue weighted by Gasteiger charge is -2.24. The molecule has 1 nitrogen and oxygen atoms in total. The van der Waals surface area contributed by atoms with Crippen molar-refractivity contribution >= 4 is 0 Å². The number of rotatable bonds is 7. The molecule has 1 atom stereocenters. The van der Waals surface area contributed by atoms with Gasteiger partial charge in [0.15, 0.2) is 0 Å². The fourth-order valence-corrected chi connectivity index (χ4v) is 2.30. The third kappa shape index (κ3) is 7.04. The highest BCUT2D eigenvalue weighted by Crippen LogP contribution is 2.28. The molecule has 1 rings (SSSR count). The van der Waals surface area contributed by atoms with Gasteiger partial charge >= 0.3 is 0 Å². The number of nitrogens with one attached hydrogen (secondary N) is 1. The Morgan fingerprint density at radius 2 is 1.85 bits per heavy atom. The Kier molecular flexibility index (Phi) is 6.67. The van der Waals surface area contributed by atoms with Gasteiger partial charge in [0.2, 0.25) is 0 Å². The summed E-state index contributed by atoms with van der Waals surface area (Å²) in [5, 5.41) is 3.52. The van der Waals surface area contributed by atoms with Gasteiger partial charge in [-0.25, -0.2) is 4.39 Å². The van der Waals surface area contributed by atoms with Crippen LogP contribution in [0.15, 0.2) is 24.3 Å². The van der Waals surface area contributed by atoms with Crippen LogP contribution in [-0.4, -0.2) is 13.1 Å². The molecule has 1 aromatic carbocycles. The van der Waals surface area contributed by atoms with E-state index in [-0.39, 0.29) is 5.82 Å². The van der Waals surface area contributed by atoms with Crippen molar-refractivity contribution in [2.75, 3.05) is 13.1 Å². The average Bonchev–Trinajstić information content (AvgIpc) is 2.31. The van der Waals surface area contributed by atoms with E-state index in [9.17, 15) is 4.39 Å². The van der Waals surface area contributed by atoms with E-state index < -0.39 is 0 Å². The van der Waals surface area contributed by atoms with Crippen molar-refractivity contribution in [3.05, 3.63) is 35.6 Å². The third-order valence-electron chi connectivity index (χ3n) is 3.51. The van der Waals surface area contributed by atoms with Gasteiger partial charge in [0.1, 0.15) is 5.82 Å². The first-order valence-electron chi connectivity index (χ1n) is 7.74. The van der Waals surface area contributed by atoms with Gasteiger partial charge in [-0.15, -0.1) is 0 Å². The van der Waals surface area contributed by atoms with E-state index in [0.29, 0.717) is 17.3 Å². The van der Waals surface area contributed by atoms with Gasteiger partial charge in [-0.3, -0.25) is 0 Å². The number of hydrogen-bond acceptors (Lipinski definition) is 1. The van der Waals surface area contributed by atoms with Crippen molar-refractivity contribution in [2.24, 2.45) is 11.3 Å². The smallest absolute Gasteiger partial charge is 0.123 e. The molecule has 2 heteroatoms. The molecule has 0 aliphatic heterocycles. The Balaban J connectivity index is 2.68. The Morgan fingerprint density at radius 3 is 2.40 bits per heavy atom. The molecule has 0 saturated carbocycles. The van der Waals surface area contributed by atoms with E-state index in [0.717, 1.165) is 31.5 Å². The van der Waals surface area contributed by atoms with Crippen LogP contribution in [-0.2, 0) is 0 Å². The molecule has 0 aromatic heterocycles. The molecule has 1 N–H and O–H groups in total. The first kappa shape index (κ1) is 17.2. The second-order valence-corrected chi connectivity index (χ2v) is 7.40. The van der Waals surface area contributed by atoms with Crippen molar-refractivity contribution in [3.63, 3.8) is 0 Å². The highest BCUT2D eigenvalue weighted by Gasteiger charge is 2.17. The minimum atomic E-state index is -0.132. The molecule has 114 valence electrons. The summed E-state index contributed by atoms with van der Waals surface area (Å²) in [6, 6.07) is 7.07. The van der Waals surface area contributed by atoms with Crippen LogP contribution in [0.5, 0.6) is 0 Å². The summed E-state index contributed by atoms with van der Waals surface area (Å²) in [5.74, 6) is 0.904. The maximum Gasteiger partial charge on any atom is 0.123 e. The van der Waals surface area contributed by atoms with Crippen molar-refractivity contribution in [1.29, 1.82) is 0 Å². The van der Waals surface area contributed by atoms with Crippen molar-refractivity contribution < 1.29 is 4.39 Å².